The Morgan fingerprint density at radius 1 is 1.38 bits per heavy atom. The van der Waals surface area contributed by atoms with Gasteiger partial charge in [0.25, 0.3) is 0 Å². The molecule has 1 atom stereocenters. The maximum absolute atomic E-state index is 12.9. The first kappa shape index (κ1) is 8.49. The van der Waals surface area contributed by atoms with Gasteiger partial charge in [-0.2, -0.15) is 0 Å². The molecule has 0 N–H and O–H groups in total. The van der Waals surface area contributed by atoms with Gasteiger partial charge in [0.15, 0.2) is 0 Å². The molecule has 1 saturated carbocycles. The number of rotatable bonds is 1. The third-order valence-corrected chi connectivity index (χ3v) is 3.00. The van der Waals surface area contributed by atoms with E-state index in [1.165, 1.54) is 11.6 Å². The molecule has 68 valence electrons. The van der Waals surface area contributed by atoms with Crippen molar-refractivity contribution in [2.75, 3.05) is 0 Å². The van der Waals surface area contributed by atoms with Crippen molar-refractivity contribution in [2.24, 2.45) is 5.41 Å². The predicted octanol–water partition coefficient (Wildman–Crippen LogP) is 3.51. The van der Waals surface area contributed by atoms with Crippen molar-refractivity contribution < 1.29 is 4.39 Å². The highest BCUT2D eigenvalue weighted by atomic mass is 19.1. The van der Waals surface area contributed by atoms with Crippen LogP contribution in [-0.2, 0) is 0 Å². The smallest absolute Gasteiger partial charge is 0.123 e. The molecular formula is C12H13F. The van der Waals surface area contributed by atoms with Crippen molar-refractivity contribution in [3.8, 4) is 0 Å². The lowest BCUT2D eigenvalue weighted by Crippen LogP contribution is -1.90. The molecule has 1 fully saturated rings. The van der Waals surface area contributed by atoms with E-state index in [4.69, 9.17) is 0 Å². The average Bonchev–Trinajstić information content (AvgIpc) is 2.51. The first-order chi connectivity index (χ1) is 6.03. The molecule has 2 rings (SSSR count). The number of halogens is 1. The summed E-state index contributed by atoms with van der Waals surface area (Å²) in [5, 5.41) is 0. The molecule has 0 aliphatic heterocycles. The molecule has 0 bridgehead atoms. The monoisotopic (exact) mass is 176 g/mol. The normalized spacial score (nSPS) is 24.5. The molecule has 1 aromatic carbocycles. The number of hydrogen-bond donors (Lipinski definition) is 0. The second-order valence-corrected chi connectivity index (χ2v) is 4.23. The van der Waals surface area contributed by atoms with E-state index in [0.717, 1.165) is 5.56 Å². The molecule has 1 aromatic rings. The lowest BCUT2D eigenvalue weighted by Gasteiger charge is -2.01. The molecule has 0 nitrogen and oxygen atoms in total. The molecule has 0 heterocycles. The van der Waals surface area contributed by atoms with E-state index in [1.54, 1.807) is 12.1 Å². The van der Waals surface area contributed by atoms with Crippen LogP contribution in [0.5, 0.6) is 0 Å². The topological polar surface area (TPSA) is 0 Å². The molecule has 0 spiro atoms. The summed E-state index contributed by atoms with van der Waals surface area (Å²) in [6, 6.07) is 6.80. The molecule has 1 aliphatic carbocycles. The van der Waals surface area contributed by atoms with Crippen molar-refractivity contribution in [1.82, 2.24) is 0 Å². The Labute approximate surface area is 78.1 Å². The van der Waals surface area contributed by atoms with E-state index in [0.29, 0.717) is 5.92 Å². The molecule has 13 heavy (non-hydrogen) atoms. The van der Waals surface area contributed by atoms with Crippen molar-refractivity contribution in [2.45, 2.75) is 19.8 Å². The fourth-order valence-corrected chi connectivity index (χ4v) is 1.94. The van der Waals surface area contributed by atoms with Gasteiger partial charge in [-0.1, -0.05) is 38.1 Å². The van der Waals surface area contributed by atoms with Crippen LogP contribution >= 0.6 is 0 Å². The van der Waals surface area contributed by atoms with Gasteiger partial charge in [-0.15, -0.1) is 0 Å². The second-order valence-electron chi connectivity index (χ2n) is 4.23. The molecule has 0 amide bonds. The molecule has 1 unspecified atom stereocenters. The molecule has 0 aromatic heterocycles. The first-order valence-electron chi connectivity index (χ1n) is 4.48. The lowest BCUT2D eigenvalue weighted by molar-refractivity contribution is 0.614. The zero-order valence-corrected chi connectivity index (χ0v) is 7.97. The molecule has 1 heteroatoms. The minimum atomic E-state index is -0.159. The van der Waals surface area contributed by atoms with E-state index >= 15 is 0 Å². The van der Waals surface area contributed by atoms with E-state index in [9.17, 15) is 4.39 Å². The highest BCUT2D eigenvalue weighted by Gasteiger charge is 2.51. The van der Waals surface area contributed by atoms with Gasteiger partial charge in [0.2, 0.25) is 0 Å². The van der Waals surface area contributed by atoms with Crippen LogP contribution in [0.4, 0.5) is 4.39 Å². The van der Waals surface area contributed by atoms with Gasteiger partial charge in [-0.3, -0.25) is 0 Å². The summed E-state index contributed by atoms with van der Waals surface area (Å²) in [6.45, 7) is 8.27. The summed E-state index contributed by atoms with van der Waals surface area (Å²) in [4.78, 5) is 0. The van der Waals surface area contributed by atoms with Crippen LogP contribution in [0.1, 0.15) is 25.3 Å². The maximum Gasteiger partial charge on any atom is 0.123 e. The van der Waals surface area contributed by atoms with E-state index in [-0.39, 0.29) is 11.2 Å². The summed E-state index contributed by atoms with van der Waals surface area (Å²) >= 11 is 0. The van der Waals surface area contributed by atoms with Gasteiger partial charge in [0.1, 0.15) is 5.82 Å². The van der Waals surface area contributed by atoms with E-state index < -0.39 is 0 Å². The maximum atomic E-state index is 12.9. The van der Waals surface area contributed by atoms with Gasteiger partial charge in [-0.25, -0.2) is 4.39 Å². The Morgan fingerprint density at radius 3 is 2.46 bits per heavy atom. The molecule has 1 aliphatic rings. The van der Waals surface area contributed by atoms with Gasteiger partial charge >= 0.3 is 0 Å². The highest BCUT2D eigenvalue weighted by molar-refractivity contribution is 5.47. The third kappa shape index (κ3) is 1.19. The van der Waals surface area contributed by atoms with Crippen LogP contribution in [0.25, 0.3) is 0 Å². The van der Waals surface area contributed by atoms with Crippen LogP contribution in [0.15, 0.2) is 36.4 Å². The summed E-state index contributed by atoms with van der Waals surface area (Å²) in [7, 11) is 0. The number of benzene rings is 1. The van der Waals surface area contributed by atoms with Crippen molar-refractivity contribution in [3.63, 3.8) is 0 Å². The van der Waals surface area contributed by atoms with Gasteiger partial charge in [0, 0.05) is 5.92 Å². The molecular weight excluding hydrogens is 163 g/mol. The first-order valence-corrected chi connectivity index (χ1v) is 4.48. The van der Waals surface area contributed by atoms with Gasteiger partial charge in [-0.05, 0) is 23.1 Å². The summed E-state index contributed by atoms with van der Waals surface area (Å²) in [6.07, 6.45) is 0. The minimum Gasteiger partial charge on any atom is -0.207 e. The zero-order valence-electron chi connectivity index (χ0n) is 7.97. The Balaban J connectivity index is 2.35. The second kappa shape index (κ2) is 2.44. The Bertz CT molecular complexity index is 363. The van der Waals surface area contributed by atoms with Crippen LogP contribution in [-0.4, -0.2) is 0 Å². The van der Waals surface area contributed by atoms with E-state index in [1.807, 2.05) is 6.07 Å². The van der Waals surface area contributed by atoms with Crippen LogP contribution in [0.2, 0.25) is 0 Å². The van der Waals surface area contributed by atoms with Gasteiger partial charge in [0.05, 0.1) is 0 Å². The number of hydrogen-bond acceptors (Lipinski definition) is 0. The summed E-state index contributed by atoms with van der Waals surface area (Å²) < 4.78 is 12.9. The summed E-state index contributed by atoms with van der Waals surface area (Å²) in [5.74, 6) is 0.191. The quantitative estimate of drug-likeness (QED) is 0.574. The molecule has 0 saturated heterocycles. The lowest BCUT2D eigenvalue weighted by atomic mass is 10.0. The van der Waals surface area contributed by atoms with Crippen molar-refractivity contribution >= 4 is 0 Å². The Hall–Kier alpha value is -1.11. The van der Waals surface area contributed by atoms with Crippen LogP contribution < -0.4 is 0 Å². The van der Waals surface area contributed by atoms with Crippen LogP contribution in [0, 0.1) is 11.2 Å². The fourth-order valence-electron chi connectivity index (χ4n) is 1.94. The highest BCUT2D eigenvalue weighted by Crippen LogP contribution is 2.62. The van der Waals surface area contributed by atoms with Crippen molar-refractivity contribution in [3.05, 3.63) is 47.8 Å². The fraction of sp³-hybridized carbons (Fsp3) is 0.333. The minimum absolute atomic E-state index is 0.159. The predicted molar refractivity (Wildman–Crippen MR) is 52.1 cm³/mol. The zero-order chi connectivity index (χ0) is 9.64. The third-order valence-electron chi connectivity index (χ3n) is 3.00. The summed E-state index contributed by atoms with van der Waals surface area (Å²) in [5.41, 5.74) is 2.42. The Morgan fingerprint density at radius 2 is 2.00 bits per heavy atom. The van der Waals surface area contributed by atoms with Gasteiger partial charge < -0.3 is 0 Å². The standard InChI is InChI=1S/C12H13F/c1-8-11(12(8,2)3)9-5-4-6-10(13)7-9/h4-7,11H,1H2,2-3H3. The Kier molecular flexibility index (Phi) is 1.59. The van der Waals surface area contributed by atoms with E-state index in [2.05, 4.69) is 20.4 Å². The SMILES string of the molecule is C=C1C(c2cccc(F)c2)C1(C)C. The van der Waals surface area contributed by atoms with Crippen LogP contribution in [0.3, 0.4) is 0 Å². The van der Waals surface area contributed by atoms with Crippen molar-refractivity contribution in [1.29, 1.82) is 0 Å². The number of allylic oxidation sites excluding steroid dienone is 1. The largest absolute Gasteiger partial charge is 0.207 e. The average molecular weight is 176 g/mol. The molecule has 0 radical (unpaired) electrons.